The first-order valence-electron chi connectivity index (χ1n) is 6.15. The van der Waals surface area contributed by atoms with Crippen LogP contribution in [0.1, 0.15) is 20.3 Å². The van der Waals surface area contributed by atoms with Crippen LogP contribution in [0.15, 0.2) is 24.4 Å². The molecular weight excluding hydrogens is 226 g/mol. The molecular formula is C14H19N3O. The number of nitrogens with zero attached hydrogens (tertiary/aromatic N) is 1. The zero-order valence-corrected chi connectivity index (χ0v) is 10.8. The summed E-state index contributed by atoms with van der Waals surface area (Å²) in [5, 5.41) is 0.807. The molecule has 0 radical (unpaired) electrons. The first-order valence-corrected chi connectivity index (χ1v) is 6.15. The van der Waals surface area contributed by atoms with E-state index < -0.39 is 0 Å². The summed E-state index contributed by atoms with van der Waals surface area (Å²) in [7, 11) is 0. The van der Waals surface area contributed by atoms with E-state index in [0.29, 0.717) is 23.9 Å². The minimum absolute atomic E-state index is 0.488. The molecule has 1 aromatic carbocycles. The van der Waals surface area contributed by atoms with E-state index in [9.17, 15) is 0 Å². The number of pyridine rings is 1. The van der Waals surface area contributed by atoms with Crippen LogP contribution in [0, 0.1) is 5.92 Å². The molecule has 0 unspecified atom stereocenters. The number of rotatable bonds is 4. The minimum atomic E-state index is 0.488. The Bertz CT molecular complexity index is 552. The molecule has 0 aliphatic rings. The fourth-order valence-corrected chi connectivity index (χ4v) is 1.78. The van der Waals surface area contributed by atoms with Crippen LogP contribution in [-0.4, -0.2) is 11.6 Å². The van der Waals surface area contributed by atoms with Crippen LogP contribution in [0.3, 0.4) is 0 Å². The van der Waals surface area contributed by atoms with Gasteiger partial charge in [0.15, 0.2) is 0 Å². The number of ether oxygens (including phenoxy) is 1. The molecule has 2 rings (SSSR count). The van der Waals surface area contributed by atoms with Crippen molar-refractivity contribution >= 4 is 22.3 Å². The third kappa shape index (κ3) is 2.47. The topological polar surface area (TPSA) is 74.2 Å². The molecule has 0 fully saturated rings. The summed E-state index contributed by atoms with van der Waals surface area (Å²) in [5.74, 6) is 1.37. The van der Waals surface area contributed by atoms with Gasteiger partial charge in [-0.15, -0.1) is 0 Å². The number of anilines is 2. The standard InChI is InChI=1S/C14H19N3O/c1-9(2)6-7-18-12-5-3-4-11-13(12)14(16)10(15)8-17-11/h3-5,8-9H,6-7,15H2,1-2H3,(H2,16,17). The van der Waals surface area contributed by atoms with Crippen LogP contribution in [0.2, 0.25) is 0 Å². The highest BCUT2D eigenvalue weighted by Gasteiger charge is 2.09. The summed E-state index contributed by atoms with van der Waals surface area (Å²) in [6.07, 6.45) is 2.58. The Morgan fingerprint density at radius 3 is 2.78 bits per heavy atom. The van der Waals surface area contributed by atoms with E-state index in [1.807, 2.05) is 18.2 Å². The zero-order valence-electron chi connectivity index (χ0n) is 10.8. The molecule has 0 saturated heterocycles. The van der Waals surface area contributed by atoms with Gasteiger partial charge in [0.1, 0.15) is 5.75 Å². The average Bonchev–Trinajstić information content (AvgIpc) is 2.33. The summed E-state index contributed by atoms with van der Waals surface area (Å²) < 4.78 is 5.79. The molecule has 0 bridgehead atoms. The van der Waals surface area contributed by atoms with Crippen LogP contribution in [0.4, 0.5) is 11.4 Å². The van der Waals surface area contributed by atoms with E-state index in [0.717, 1.165) is 23.1 Å². The number of nitrogen functional groups attached to an aromatic ring is 2. The van der Waals surface area contributed by atoms with Crippen LogP contribution in [0.25, 0.3) is 10.9 Å². The summed E-state index contributed by atoms with van der Waals surface area (Å²) in [4.78, 5) is 4.26. The smallest absolute Gasteiger partial charge is 0.130 e. The van der Waals surface area contributed by atoms with Crippen molar-refractivity contribution in [3.8, 4) is 5.75 Å². The molecule has 0 saturated carbocycles. The highest BCUT2D eigenvalue weighted by molar-refractivity contribution is 5.99. The van der Waals surface area contributed by atoms with E-state index >= 15 is 0 Å². The number of hydrogen-bond donors (Lipinski definition) is 2. The van der Waals surface area contributed by atoms with Crippen molar-refractivity contribution in [2.75, 3.05) is 18.1 Å². The Kier molecular flexibility index (Phi) is 3.55. The molecule has 4 N–H and O–H groups in total. The fraction of sp³-hybridized carbons (Fsp3) is 0.357. The van der Waals surface area contributed by atoms with Gasteiger partial charge in [-0.05, 0) is 24.5 Å². The van der Waals surface area contributed by atoms with Gasteiger partial charge in [-0.1, -0.05) is 19.9 Å². The second-order valence-corrected chi connectivity index (χ2v) is 4.81. The van der Waals surface area contributed by atoms with E-state index in [2.05, 4.69) is 18.8 Å². The lowest BCUT2D eigenvalue weighted by Gasteiger charge is -2.12. The lowest BCUT2D eigenvalue weighted by molar-refractivity contribution is 0.292. The lowest BCUT2D eigenvalue weighted by Crippen LogP contribution is -2.03. The lowest BCUT2D eigenvalue weighted by atomic mass is 10.1. The number of hydrogen-bond acceptors (Lipinski definition) is 4. The van der Waals surface area contributed by atoms with Crippen LogP contribution in [-0.2, 0) is 0 Å². The highest BCUT2D eigenvalue weighted by atomic mass is 16.5. The van der Waals surface area contributed by atoms with Gasteiger partial charge in [-0.3, -0.25) is 4.98 Å². The maximum Gasteiger partial charge on any atom is 0.130 e. The summed E-state index contributed by atoms with van der Waals surface area (Å²) >= 11 is 0. The van der Waals surface area contributed by atoms with E-state index in [1.165, 1.54) is 0 Å². The van der Waals surface area contributed by atoms with Gasteiger partial charge >= 0.3 is 0 Å². The quantitative estimate of drug-likeness (QED) is 0.868. The third-order valence-corrected chi connectivity index (χ3v) is 2.88. The molecule has 0 atom stereocenters. The number of benzene rings is 1. The second-order valence-electron chi connectivity index (χ2n) is 4.81. The summed E-state index contributed by atoms with van der Waals surface area (Å²) in [6.45, 7) is 5.01. The Labute approximate surface area is 107 Å². The largest absolute Gasteiger partial charge is 0.493 e. The highest BCUT2D eigenvalue weighted by Crippen LogP contribution is 2.32. The van der Waals surface area contributed by atoms with Gasteiger partial charge in [0.05, 0.1) is 35.1 Å². The SMILES string of the molecule is CC(C)CCOc1cccc2ncc(N)c(N)c12. The van der Waals surface area contributed by atoms with E-state index in [4.69, 9.17) is 16.2 Å². The maximum atomic E-state index is 6.01. The molecule has 1 aromatic heterocycles. The van der Waals surface area contributed by atoms with Gasteiger partial charge in [0.2, 0.25) is 0 Å². The Morgan fingerprint density at radius 1 is 1.28 bits per heavy atom. The van der Waals surface area contributed by atoms with Gasteiger partial charge in [0, 0.05) is 0 Å². The summed E-state index contributed by atoms with van der Waals surface area (Å²) in [5.41, 5.74) is 13.6. The normalized spacial score (nSPS) is 11.1. The third-order valence-electron chi connectivity index (χ3n) is 2.88. The minimum Gasteiger partial charge on any atom is -0.493 e. The second kappa shape index (κ2) is 5.12. The Hall–Kier alpha value is -1.97. The Morgan fingerprint density at radius 2 is 2.06 bits per heavy atom. The molecule has 1 heterocycles. The van der Waals surface area contributed by atoms with Crippen molar-refractivity contribution in [1.82, 2.24) is 4.98 Å². The number of fused-ring (bicyclic) bond motifs is 1. The van der Waals surface area contributed by atoms with Crippen molar-refractivity contribution in [3.63, 3.8) is 0 Å². The van der Waals surface area contributed by atoms with Crippen molar-refractivity contribution in [2.24, 2.45) is 5.92 Å². The van der Waals surface area contributed by atoms with Gasteiger partial charge in [0.25, 0.3) is 0 Å². The number of nitrogens with two attached hydrogens (primary N) is 2. The molecule has 0 spiro atoms. The molecule has 0 amide bonds. The predicted octanol–water partition coefficient (Wildman–Crippen LogP) is 2.82. The number of aromatic nitrogens is 1. The van der Waals surface area contributed by atoms with Crippen LogP contribution in [0.5, 0.6) is 5.75 Å². The first-order chi connectivity index (χ1) is 8.59. The maximum absolute atomic E-state index is 6.01. The fourth-order valence-electron chi connectivity index (χ4n) is 1.78. The van der Waals surface area contributed by atoms with Crippen LogP contribution >= 0.6 is 0 Å². The van der Waals surface area contributed by atoms with Crippen molar-refractivity contribution in [3.05, 3.63) is 24.4 Å². The van der Waals surface area contributed by atoms with Crippen molar-refractivity contribution in [1.29, 1.82) is 0 Å². The molecule has 4 nitrogen and oxygen atoms in total. The van der Waals surface area contributed by atoms with Crippen molar-refractivity contribution in [2.45, 2.75) is 20.3 Å². The predicted molar refractivity (Wildman–Crippen MR) is 75.5 cm³/mol. The van der Waals surface area contributed by atoms with E-state index in [1.54, 1.807) is 6.20 Å². The molecule has 4 heteroatoms. The van der Waals surface area contributed by atoms with Gasteiger partial charge in [-0.2, -0.15) is 0 Å². The van der Waals surface area contributed by atoms with Gasteiger partial charge < -0.3 is 16.2 Å². The van der Waals surface area contributed by atoms with Crippen LogP contribution < -0.4 is 16.2 Å². The van der Waals surface area contributed by atoms with Gasteiger partial charge in [-0.25, -0.2) is 0 Å². The molecule has 0 aliphatic carbocycles. The van der Waals surface area contributed by atoms with Crippen molar-refractivity contribution < 1.29 is 4.74 Å². The average molecular weight is 245 g/mol. The monoisotopic (exact) mass is 245 g/mol. The molecule has 0 aliphatic heterocycles. The van der Waals surface area contributed by atoms with E-state index in [-0.39, 0.29) is 0 Å². The summed E-state index contributed by atoms with van der Waals surface area (Å²) in [6, 6.07) is 5.72. The molecule has 2 aromatic rings. The molecule has 18 heavy (non-hydrogen) atoms. The first kappa shape index (κ1) is 12.5. The molecule has 96 valence electrons. The Balaban J connectivity index is 2.35. The zero-order chi connectivity index (χ0) is 13.1.